The van der Waals surface area contributed by atoms with E-state index in [4.69, 9.17) is 0 Å². The van der Waals surface area contributed by atoms with Crippen LogP contribution in [-0.4, -0.2) is 32.5 Å². The summed E-state index contributed by atoms with van der Waals surface area (Å²) in [5.74, 6) is 0.541. The molecule has 0 aromatic carbocycles. The summed E-state index contributed by atoms with van der Waals surface area (Å²) < 4.78 is 27.7. The van der Waals surface area contributed by atoms with Gasteiger partial charge in [-0.2, -0.15) is 0 Å². The summed E-state index contributed by atoms with van der Waals surface area (Å²) in [6, 6.07) is 4.82. The van der Waals surface area contributed by atoms with E-state index >= 15 is 0 Å². The second-order valence-electron chi connectivity index (χ2n) is 4.21. The molecular formula is C12H13BrN4O2S. The van der Waals surface area contributed by atoms with Gasteiger partial charge in [0.2, 0.25) is 0 Å². The van der Waals surface area contributed by atoms with Crippen molar-refractivity contribution in [3.05, 3.63) is 41.3 Å². The van der Waals surface area contributed by atoms with Gasteiger partial charge in [0.25, 0.3) is 10.0 Å². The second kappa shape index (κ2) is 5.76. The molecule has 0 aliphatic heterocycles. The highest BCUT2D eigenvalue weighted by molar-refractivity contribution is 9.10. The Hall–Kier alpha value is -1.67. The molecular weight excluding hydrogens is 344 g/mol. The van der Waals surface area contributed by atoms with E-state index in [1.807, 2.05) is 0 Å². The molecule has 0 fully saturated rings. The fourth-order valence-corrected chi connectivity index (χ4v) is 3.14. The highest BCUT2D eigenvalue weighted by Crippen LogP contribution is 2.24. The standard InChI is InChI=1S/C12H13BrN4O2S/c1-17(2)12-11(4-3-5-15-12)16-20(18,19)10-6-9(13)7-14-8-10/h3-8,16H,1-2H3. The summed E-state index contributed by atoms with van der Waals surface area (Å²) >= 11 is 3.20. The molecule has 1 N–H and O–H groups in total. The van der Waals surface area contributed by atoms with E-state index in [9.17, 15) is 8.42 Å². The van der Waals surface area contributed by atoms with Gasteiger partial charge in [-0.05, 0) is 34.1 Å². The third kappa shape index (κ3) is 3.26. The highest BCUT2D eigenvalue weighted by Gasteiger charge is 2.17. The number of hydrogen-bond donors (Lipinski definition) is 1. The van der Waals surface area contributed by atoms with Crippen molar-refractivity contribution in [1.29, 1.82) is 0 Å². The lowest BCUT2D eigenvalue weighted by Crippen LogP contribution is -2.18. The fourth-order valence-electron chi connectivity index (χ4n) is 1.58. The molecule has 2 rings (SSSR count). The molecule has 0 radical (unpaired) electrons. The molecule has 106 valence electrons. The van der Waals surface area contributed by atoms with Crippen LogP contribution in [0, 0.1) is 0 Å². The van der Waals surface area contributed by atoms with E-state index < -0.39 is 10.0 Å². The third-order valence-corrected chi connectivity index (χ3v) is 4.21. The fraction of sp³-hybridized carbons (Fsp3) is 0.167. The Kier molecular flexibility index (Phi) is 4.24. The maximum atomic E-state index is 12.3. The van der Waals surface area contributed by atoms with Crippen LogP contribution < -0.4 is 9.62 Å². The molecule has 0 saturated heterocycles. The number of nitrogens with one attached hydrogen (secondary N) is 1. The predicted octanol–water partition coefficient (Wildman–Crippen LogP) is 2.11. The normalized spacial score (nSPS) is 11.2. The SMILES string of the molecule is CN(C)c1ncccc1NS(=O)(=O)c1cncc(Br)c1. The van der Waals surface area contributed by atoms with Crippen LogP contribution in [0.4, 0.5) is 11.5 Å². The summed E-state index contributed by atoms with van der Waals surface area (Å²) in [6.07, 6.45) is 4.42. The molecule has 0 bridgehead atoms. The van der Waals surface area contributed by atoms with Crippen molar-refractivity contribution < 1.29 is 8.42 Å². The minimum absolute atomic E-state index is 0.0837. The number of hydrogen-bond acceptors (Lipinski definition) is 5. The lowest BCUT2D eigenvalue weighted by molar-refractivity contribution is 0.600. The molecule has 2 aromatic rings. The van der Waals surface area contributed by atoms with Crippen LogP contribution in [0.2, 0.25) is 0 Å². The second-order valence-corrected chi connectivity index (χ2v) is 6.81. The van der Waals surface area contributed by atoms with Gasteiger partial charge in [0.05, 0.1) is 5.69 Å². The maximum absolute atomic E-state index is 12.3. The van der Waals surface area contributed by atoms with Gasteiger partial charge in [0.1, 0.15) is 4.90 Å². The van der Waals surface area contributed by atoms with Crippen molar-refractivity contribution in [2.75, 3.05) is 23.7 Å². The molecule has 0 unspecified atom stereocenters. The zero-order chi connectivity index (χ0) is 14.8. The Morgan fingerprint density at radius 2 is 2.05 bits per heavy atom. The number of halogens is 1. The summed E-state index contributed by atoms with van der Waals surface area (Å²) in [5, 5.41) is 0. The molecule has 6 nitrogen and oxygen atoms in total. The number of aromatic nitrogens is 2. The maximum Gasteiger partial charge on any atom is 0.263 e. The quantitative estimate of drug-likeness (QED) is 0.907. The molecule has 0 aliphatic rings. The Balaban J connectivity index is 2.39. The minimum atomic E-state index is -3.70. The lowest BCUT2D eigenvalue weighted by atomic mass is 10.4. The zero-order valence-electron chi connectivity index (χ0n) is 10.9. The van der Waals surface area contributed by atoms with Gasteiger partial charge in [-0.1, -0.05) is 0 Å². The Labute approximate surface area is 126 Å². The molecule has 0 aliphatic carbocycles. The van der Waals surface area contributed by atoms with Gasteiger partial charge >= 0.3 is 0 Å². The van der Waals surface area contributed by atoms with Crippen molar-refractivity contribution in [3.8, 4) is 0 Å². The van der Waals surface area contributed by atoms with Gasteiger partial charge in [-0.3, -0.25) is 9.71 Å². The van der Waals surface area contributed by atoms with E-state index in [0.29, 0.717) is 16.0 Å². The summed E-state index contributed by atoms with van der Waals surface area (Å²) in [4.78, 5) is 9.82. The first-order valence-corrected chi connectivity index (χ1v) is 7.93. The zero-order valence-corrected chi connectivity index (χ0v) is 13.3. The van der Waals surface area contributed by atoms with Crippen molar-refractivity contribution in [1.82, 2.24) is 9.97 Å². The summed E-state index contributed by atoms with van der Waals surface area (Å²) in [6.45, 7) is 0. The number of nitrogens with zero attached hydrogens (tertiary/aromatic N) is 3. The predicted molar refractivity (Wildman–Crippen MR) is 81.3 cm³/mol. The topological polar surface area (TPSA) is 75.2 Å². The average molecular weight is 357 g/mol. The van der Waals surface area contributed by atoms with Crippen molar-refractivity contribution in [2.45, 2.75) is 4.90 Å². The Bertz CT molecular complexity index is 719. The highest BCUT2D eigenvalue weighted by atomic mass is 79.9. The van der Waals surface area contributed by atoms with Crippen LogP contribution >= 0.6 is 15.9 Å². The van der Waals surface area contributed by atoms with Gasteiger partial charge in [-0.15, -0.1) is 0 Å². The van der Waals surface area contributed by atoms with Crippen LogP contribution in [0.15, 0.2) is 46.2 Å². The average Bonchev–Trinajstić information content (AvgIpc) is 2.38. The Morgan fingerprint density at radius 1 is 1.30 bits per heavy atom. The molecule has 20 heavy (non-hydrogen) atoms. The van der Waals surface area contributed by atoms with E-state index in [1.54, 1.807) is 37.3 Å². The van der Waals surface area contributed by atoms with Gasteiger partial charge < -0.3 is 4.90 Å². The summed E-state index contributed by atoms with van der Waals surface area (Å²) in [5.41, 5.74) is 0.414. The molecule has 2 heterocycles. The van der Waals surface area contributed by atoms with Crippen LogP contribution in [0.5, 0.6) is 0 Å². The van der Waals surface area contributed by atoms with E-state index in [-0.39, 0.29) is 4.90 Å². The van der Waals surface area contributed by atoms with Crippen LogP contribution in [0.25, 0.3) is 0 Å². The smallest absolute Gasteiger partial charge is 0.263 e. The van der Waals surface area contributed by atoms with Crippen LogP contribution in [-0.2, 0) is 10.0 Å². The third-order valence-electron chi connectivity index (χ3n) is 2.44. The number of sulfonamides is 1. The molecule has 0 spiro atoms. The number of anilines is 2. The molecule has 0 amide bonds. The van der Waals surface area contributed by atoms with Crippen LogP contribution in [0.3, 0.4) is 0 Å². The monoisotopic (exact) mass is 356 g/mol. The molecule has 8 heteroatoms. The number of pyridine rings is 2. The first-order valence-electron chi connectivity index (χ1n) is 5.66. The van der Waals surface area contributed by atoms with E-state index in [1.165, 1.54) is 18.5 Å². The van der Waals surface area contributed by atoms with Crippen LogP contribution in [0.1, 0.15) is 0 Å². The lowest BCUT2D eigenvalue weighted by Gasteiger charge is -2.16. The van der Waals surface area contributed by atoms with E-state index in [2.05, 4.69) is 30.6 Å². The van der Waals surface area contributed by atoms with Gasteiger partial charge in [-0.25, -0.2) is 13.4 Å². The van der Waals surface area contributed by atoms with E-state index in [0.717, 1.165) is 0 Å². The van der Waals surface area contributed by atoms with Crippen molar-refractivity contribution in [2.24, 2.45) is 0 Å². The van der Waals surface area contributed by atoms with Gasteiger partial charge in [0.15, 0.2) is 5.82 Å². The molecule has 2 aromatic heterocycles. The summed E-state index contributed by atoms with van der Waals surface area (Å²) in [7, 11) is -0.116. The van der Waals surface area contributed by atoms with Crippen molar-refractivity contribution >= 4 is 37.5 Å². The first kappa shape index (κ1) is 14.7. The molecule has 0 atom stereocenters. The van der Waals surface area contributed by atoms with Gasteiger partial charge in [0, 0.05) is 37.2 Å². The number of rotatable bonds is 4. The largest absolute Gasteiger partial charge is 0.361 e. The van der Waals surface area contributed by atoms with Crippen molar-refractivity contribution in [3.63, 3.8) is 0 Å². The minimum Gasteiger partial charge on any atom is -0.361 e. The molecule has 0 saturated carbocycles. The Morgan fingerprint density at radius 3 is 2.70 bits per heavy atom. The first-order chi connectivity index (χ1) is 9.40.